The molecule has 0 aromatic heterocycles. The number of carboxylic acids is 1. The molecule has 0 amide bonds. The van der Waals surface area contributed by atoms with E-state index in [0.29, 0.717) is 17.7 Å². The van der Waals surface area contributed by atoms with Gasteiger partial charge in [-0.3, -0.25) is 14.2 Å². The molecule has 2 aliphatic carbocycles. The summed E-state index contributed by atoms with van der Waals surface area (Å²) >= 11 is 5.19. The summed E-state index contributed by atoms with van der Waals surface area (Å²) in [6.07, 6.45) is -1.17. The summed E-state index contributed by atoms with van der Waals surface area (Å²) in [4.78, 5) is 56.2. The SMILES string of the molecule is C.Cc1ccc(C(F)(F)F)cc1NS(=O)(=O)c1cccc(C(=O)O)c1.Cc1ccc(C(F)(F)F)cc1NS(=O)(=O)c1cccc(C(=O)OCOC(=O)OC2CCCCC2)c1.O=C(OCCl)OC1CCCCC1.O=CO[O-].[Cs+].[Cs+].[H-]. The van der Waals surface area contributed by atoms with Crippen LogP contribution in [0.1, 0.15) is 116 Å². The van der Waals surface area contributed by atoms with Crippen LogP contribution in [0.15, 0.2) is 94.7 Å². The number of halogens is 7. The number of sulfonamides is 2. The van der Waals surface area contributed by atoms with E-state index in [4.69, 9.17) is 45.7 Å². The van der Waals surface area contributed by atoms with Gasteiger partial charge in [-0.1, -0.05) is 56.1 Å². The molecule has 4 aromatic carbocycles. The molecule has 2 fully saturated rings. The van der Waals surface area contributed by atoms with E-state index in [1.165, 1.54) is 50.6 Å². The molecule has 2 aliphatic rings. The zero-order valence-corrected chi connectivity index (χ0v) is 56.7. The molecular weight excluding hydrogens is 1360 g/mol. The predicted molar refractivity (Wildman–Crippen MR) is 259 cm³/mol. The first-order valence-electron chi connectivity index (χ1n) is 22.2. The van der Waals surface area contributed by atoms with Gasteiger partial charge in [-0.15, -0.1) is 0 Å². The first-order chi connectivity index (χ1) is 35.2. The van der Waals surface area contributed by atoms with Crippen molar-refractivity contribution in [3.05, 3.63) is 118 Å². The van der Waals surface area contributed by atoms with E-state index in [-0.39, 0.29) is 209 Å². The fourth-order valence-electron chi connectivity index (χ4n) is 6.78. The van der Waals surface area contributed by atoms with Gasteiger partial charge in [0.05, 0.1) is 43.4 Å². The minimum Gasteiger partial charge on any atom is -1.00 e. The van der Waals surface area contributed by atoms with Gasteiger partial charge in [0.2, 0.25) is 6.79 Å². The molecule has 4 aromatic rings. The number of esters is 1. The van der Waals surface area contributed by atoms with E-state index in [1.807, 2.05) is 0 Å². The smallest absolute Gasteiger partial charge is 1.00 e. The molecule has 30 heteroatoms. The Labute approximate surface area is 570 Å². The Morgan fingerprint density at radius 2 is 1.04 bits per heavy atom. The Morgan fingerprint density at radius 3 is 1.41 bits per heavy atom. The Morgan fingerprint density at radius 1 is 0.654 bits per heavy atom. The van der Waals surface area contributed by atoms with E-state index in [1.54, 1.807) is 0 Å². The van der Waals surface area contributed by atoms with Crippen LogP contribution < -0.4 is 152 Å². The summed E-state index contributed by atoms with van der Waals surface area (Å²) in [7, 11) is -8.57. The number of aromatic carboxylic acids is 1. The minimum atomic E-state index is -4.65. The maximum absolute atomic E-state index is 13.0. The van der Waals surface area contributed by atoms with Gasteiger partial charge in [-0.2, -0.15) is 26.3 Å². The number of carbonyl (C=O) groups excluding carboxylic acids is 4. The number of hydrogen-bond donors (Lipinski definition) is 3. The largest absolute Gasteiger partial charge is 1.00 e. The third-order valence-electron chi connectivity index (χ3n) is 10.6. The average molecular weight is 1410 g/mol. The van der Waals surface area contributed by atoms with Crippen LogP contribution in [0.5, 0.6) is 0 Å². The molecule has 0 spiro atoms. The van der Waals surface area contributed by atoms with E-state index >= 15 is 0 Å². The maximum atomic E-state index is 13.0. The van der Waals surface area contributed by atoms with Gasteiger partial charge in [0.15, 0.2) is 6.07 Å². The van der Waals surface area contributed by atoms with Crippen LogP contribution >= 0.6 is 11.6 Å². The summed E-state index contributed by atoms with van der Waals surface area (Å²) in [6, 6.07) is 14.4. The quantitative estimate of drug-likeness (QED) is 0.0224. The zero-order chi connectivity index (χ0) is 56.0. The van der Waals surface area contributed by atoms with Gasteiger partial charge in [0.25, 0.3) is 26.5 Å². The van der Waals surface area contributed by atoms with Crippen LogP contribution in [0.3, 0.4) is 0 Å². The number of ether oxygens (including phenoxy) is 5. The number of anilines is 2. The minimum absolute atomic E-state index is 0. The Bertz CT molecular complexity index is 2810. The summed E-state index contributed by atoms with van der Waals surface area (Å²) in [5.74, 6) is -2.29. The van der Waals surface area contributed by atoms with Crippen molar-refractivity contribution in [3.63, 3.8) is 0 Å². The standard InChI is InChI=1S/C23H24F3NO7S.C15H12F3NO4S.C8H13ClO3.CH2O3.CH4.2Cs.H/c1-15-10-11-17(23(24,25)26)13-20(15)27-35(30,31)19-9-5-6-16(12-19)21(28)32-14-33-22(29)34-18-7-3-2-4-8-18;1-9-5-6-11(15(16,17)18)8-13(9)19-24(22,23)12-4-2-3-10(7-12)14(20)21;9-6-11-8(10)12-7-4-2-1-3-5-7;2-1-4-3;;;;/h5-6,9-13,18,27H,2-4,7-8,14H2,1H3;2-8,19H,1H3,(H,20,21);7H,1-6H2;1,3H;1H4;;;/q;;;;;2*+1;-1/p-1. The van der Waals surface area contributed by atoms with Gasteiger partial charge in [-0.05, 0) is 137 Å². The van der Waals surface area contributed by atoms with E-state index in [2.05, 4.69) is 19.1 Å². The van der Waals surface area contributed by atoms with Crippen molar-refractivity contribution in [1.82, 2.24) is 0 Å². The van der Waals surface area contributed by atoms with Crippen LogP contribution in [-0.4, -0.2) is 77.7 Å². The van der Waals surface area contributed by atoms with Crippen LogP contribution in [-0.2, 0) is 65.8 Å². The molecule has 0 aliphatic heterocycles. The Kier molecular flexibility index (Phi) is 35.4. The zero-order valence-electron chi connectivity index (χ0n) is 42.7. The van der Waals surface area contributed by atoms with E-state index in [0.717, 1.165) is 100 Å². The summed E-state index contributed by atoms with van der Waals surface area (Å²) < 4.78 is 156. The monoisotopic (exact) mass is 1410 g/mol. The first kappa shape index (κ1) is 75.3. The molecule has 6 rings (SSSR count). The topological polar surface area (TPSA) is 276 Å². The summed E-state index contributed by atoms with van der Waals surface area (Å²) in [6.45, 7) is 1.99. The molecule has 78 heavy (non-hydrogen) atoms. The van der Waals surface area contributed by atoms with Crippen molar-refractivity contribution in [2.24, 2.45) is 0 Å². The van der Waals surface area contributed by atoms with Crippen molar-refractivity contribution in [2.45, 2.75) is 120 Å². The number of benzene rings is 4. The number of alkyl halides is 7. The normalized spacial score (nSPS) is 13.5. The molecule has 2 saturated carbocycles. The van der Waals surface area contributed by atoms with Gasteiger partial charge in [0.1, 0.15) is 12.2 Å². The van der Waals surface area contributed by atoms with Crippen molar-refractivity contribution in [2.75, 3.05) is 22.3 Å². The number of nitrogens with one attached hydrogen (secondary N) is 2. The molecule has 422 valence electrons. The van der Waals surface area contributed by atoms with E-state index in [9.17, 15) is 62.4 Å². The van der Waals surface area contributed by atoms with Crippen molar-refractivity contribution >= 4 is 73.7 Å². The van der Waals surface area contributed by atoms with E-state index < -0.39 is 74.6 Å². The molecule has 19 nitrogen and oxygen atoms in total. The number of carboxylic acid groups (broad SMARTS) is 1. The molecule has 0 saturated heterocycles. The average Bonchev–Trinajstić information content (AvgIpc) is 3.35. The molecular formula is C48H55ClCs2F6N2O17S2. The fraction of sp³-hybridized carbons (Fsp3) is 0.396. The number of rotatable bonds is 14. The first-order valence-corrected chi connectivity index (χ1v) is 25.7. The Hall–Kier alpha value is -2.74. The van der Waals surface area contributed by atoms with Gasteiger partial charge >= 0.3 is 174 Å². The summed E-state index contributed by atoms with van der Waals surface area (Å²) in [5.41, 5.74) is -2.35. The molecule has 0 bridgehead atoms. The second-order valence-corrected chi connectivity index (χ2v) is 19.6. The second-order valence-electron chi connectivity index (χ2n) is 16.0. The van der Waals surface area contributed by atoms with Crippen molar-refractivity contribution in [3.8, 4) is 0 Å². The van der Waals surface area contributed by atoms with Crippen LogP contribution in [0, 0.1) is 13.8 Å². The molecule has 0 unspecified atom stereocenters. The van der Waals surface area contributed by atoms with Crippen LogP contribution in [0.25, 0.3) is 0 Å². The van der Waals surface area contributed by atoms with Gasteiger partial charge in [-0.25, -0.2) is 36.0 Å². The van der Waals surface area contributed by atoms with Crippen LogP contribution in [0.4, 0.5) is 47.3 Å². The second kappa shape index (κ2) is 36.7. The van der Waals surface area contributed by atoms with Crippen LogP contribution in [0.2, 0.25) is 0 Å². The molecule has 0 atom stereocenters. The number of aryl methyl sites for hydroxylation is 2. The predicted octanol–water partition coefficient (Wildman–Crippen LogP) is 4.79. The molecule has 0 heterocycles. The Balaban J connectivity index is 0. The van der Waals surface area contributed by atoms with Crippen molar-refractivity contribution < 1.29 is 245 Å². The summed E-state index contributed by atoms with van der Waals surface area (Å²) in [5, 5.41) is 17.3. The third-order valence-corrected chi connectivity index (χ3v) is 13.4. The fourth-order valence-corrected chi connectivity index (χ4v) is 9.20. The molecule has 3 N–H and O–H groups in total. The number of carbonyl (C=O) groups is 5. The maximum Gasteiger partial charge on any atom is 1.00 e. The van der Waals surface area contributed by atoms with Crippen molar-refractivity contribution in [1.29, 1.82) is 0 Å². The van der Waals surface area contributed by atoms with Gasteiger partial charge < -0.3 is 40.4 Å². The number of hydrogen-bond acceptors (Lipinski definition) is 16. The molecule has 0 radical (unpaired) electrons. The van der Waals surface area contributed by atoms with Gasteiger partial charge in [0, 0.05) is 0 Å². The third kappa shape index (κ3) is 26.9.